The van der Waals surface area contributed by atoms with Crippen LogP contribution in [-0.2, 0) is 15.6 Å². The van der Waals surface area contributed by atoms with Crippen LogP contribution in [0.5, 0.6) is 0 Å². The summed E-state index contributed by atoms with van der Waals surface area (Å²) in [5, 5.41) is 2.24. The molecule has 2 atom stereocenters. The minimum absolute atomic E-state index is 0.178. The largest absolute Gasteiger partial charge is 0.399 e. The molecular formula is C14H22N2O2S. The Balaban J connectivity index is 2.79. The van der Waals surface area contributed by atoms with Gasteiger partial charge in [-0.1, -0.05) is 13.8 Å². The molecule has 2 unspecified atom stereocenters. The van der Waals surface area contributed by atoms with Crippen LogP contribution in [0, 0.1) is 12.8 Å². The first-order valence-electron chi connectivity index (χ1n) is 6.37. The fourth-order valence-corrected chi connectivity index (χ4v) is 2.87. The van der Waals surface area contributed by atoms with E-state index in [2.05, 4.69) is 5.32 Å². The Hall–Kier alpha value is -1.36. The minimum atomic E-state index is -1.36. The summed E-state index contributed by atoms with van der Waals surface area (Å²) in [4.78, 5) is 12.6. The number of carbonyl (C=O) groups excluding carboxylic acids is 1. The van der Waals surface area contributed by atoms with Gasteiger partial charge in [-0.05, 0) is 43.5 Å². The first kappa shape index (κ1) is 15.7. The Morgan fingerprint density at radius 1 is 1.37 bits per heavy atom. The van der Waals surface area contributed by atoms with Gasteiger partial charge in [-0.3, -0.25) is 9.00 Å². The second-order valence-electron chi connectivity index (χ2n) is 5.10. The smallest absolute Gasteiger partial charge is 0.235 e. The van der Waals surface area contributed by atoms with Crippen molar-refractivity contribution in [2.24, 2.45) is 5.92 Å². The van der Waals surface area contributed by atoms with Crippen LogP contribution < -0.4 is 11.1 Å². The molecule has 5 heteroatoms. The molecule has 19 heavy (non-hydrogen) atoms. The summed E-state index contributed by atoms with van der Waals surface area (Å²) >= 11 is 0. The summed E-state index contributed by atoms with van der Waals surface area (Å²) in [5.41, 5.74) is 7.15. The third-order valence-corrected chi connectivity index (χ3v) is 4.54. The number of anilines is 1. The van der Waals surface area contributed by atoms with Gasteiger partial charge in [0.2, 0.25) is 5.91 Å². The molecule has 0 aromatic heterocycles. The SMILES string of the molecule is Cc1cc(N)ccc1S(=O)C(C)C(=O)NCC(C)C. The lowest BCUT2D eigenvalue weighted by Crippen LogP contribution is -2.37. The molecule has 0 saturated heterocycles. The third kappa shape index (κ3) is 4.35. The number of hydrogen-bond acceptors (Lipinski definition) is 3. The van der Waals surface area contributed by atoms with Crippen molar-refractivity contribution in [3.05, 3.63) is 23.8 Å². The van der Waals surface area contributed by atoms with E-state index in [4.69, 9.17) is 5.73 Å². The van der Waals surface area contributed by atoms with E-state index in [0.29, 0.717) is 23.0 Å². The molecule has 0 aliphatic heterocycles. The summed E-state index contributed by atoms with van der Waals surface area (Å²) < 4.78 is 12.4. The van der Waals surface area contributed by atoms with Gasteiger partial charge in [-0.25, -0.2) is 0 Å². The molecule has 0 fully saturated rings. The van der Waals surface area contributed by atoms with Gasteiger partial charge in [0.25, 0.3) is 0 Å². The number of nitrogens with two attached hydrogens (primary N) is 1. The molecule has 1 aromatic carbocycles. The first-order valence-corrected chi connectivity index (χ1v) is 7.58. The third-order valence-electron chi connectivity index (χ3n) is 2.79. The summed E-state index contributed by atoms with van der Waals surface area (Å²) in [6.07, 6.45) is 0. The van der Waals surface area contributed by atoms with Crippen molar-refractivity contribution in [1.82, 2.24) is 5.32 Å². The van der Waals surface area contributed by atoms with Crippen LogP contribution in [0.15, 0.2) is 23.1 Å². The van der Waals surface area contributed by atoms with Gasteiger partial charge >= 0.3 is 0 Å². The number of nitrogen functional groups attached to an aromatic ring is 1. The van der Waals surface area contributed by atoms with Crippen LogP contribution in [0.4, 0.5) is 5.69 Å². The Kier molecular flexibility index (Phi) is 5.54. The number of aryl methyl sites for hydroxylation is 1. The molecule has 0 aliphatic rings. The van der Waals surface area contributed by atoms with Crippen LogP contribution in [0.1, 0.15) is 26.3 Å². The lowest BCUT2D eigenvalue weighted by molar-refractivity contribution is -0.120. The fourth-order valence-electron chi connectivity index (χ4n) is 1.63. The number of carbonyl (C=O) groups is 1. The molecule has 0 bridgehead atoms. The first-order chi connectivity index (χ1) is 8.82. The Morgan fingerprint density at radius 3 is 2.53 bits per heavy atom. The van der Waals surface area contributed by atoms with Gasteiger partial charge < -0.3 is 11.1 Å². The monoisotopic (exact) mass is 282 g/mol. The second kappa shape index (κ2) is 6.70. The van der Waals surface area contributed by atoms with Crippen molar-refractivity contribution >= 4 is 22.4 Å². The number of amides is 1. The van der Waals surface area contributed by atoms with E-state index in [1.54, 1.807) is 25.1 Å². The molecule has 0 spiro atoms. The number of hydrogen-bond donors (Lipinski definition) is 2. The van der Waals surface area contributed by atoms with Gasteiger partial charge in [0, 0.05) is 17.1 Å². The fraction of sp³-hybridized carbons (Fsp3) is 0.500. The normalized spacial score (nSPS) is 14.2. The zero-order chi connectivity index (χ0) is 14.6. The average Bonchev–Trinajstić information content (AvgIpc) is 2.34. The molecule has 1 amide bonds. The maximum atomic E-state index is 12.4. The van der Waals surface area contributed by atoms with Crippen molar-refractivity contribution in [2.45, 2.75) is 37.8 Å². The Morgan fingerprint density at radius 2 is 2.00 bits per heavy atom. The van der Waals surface area contributed by atoms with Gasteiger partial charge in [0.1, 0.15) is 5.25 Å². The molecule has 1 aromatic rings. The molecule has 4 nitrogen and oxygen atoms in total. The maximum Gasteiger partial charge on any atom is 0.235 e. The zero-order valence-corrected chi connectivity index (χ0v) is 12.7. The number of nitrogens with one attached hydrogen (secondary N) is 1. The second-order valence-corrected chi connectivity index (χ2v) is 6.85. The van der Waals surface area contributed by atoms with Crippen LogP contribution in [0.25, 0.3) is 0 Å². The molecule has 0 radical (unpaired) electrons. The van der Waals surface area contributed by atoms with Crippen LogP contribution in [0.2, 0.25) is 0 Å². The molecular weight excluding hydrogens is 260 g/mol. The van der Waals surface area contributed by atoms with Crippen molar-refractivity contribution in [3.8, 4) is 0 Å². The zero-order valence-electron chi connectivity index (χ0n) is 11.9. The van der Waals surface area contributed by atoms with Crippen molar-refractivity contribution in [1.29, 1.82) is 0 Å². The van der Waals surface area contributed by atoms with Crippen molar-refractivity contribution in [2.75, 3.05) is 12.3 Å². The van der Waals surface area contributed by atoms with Crippen molar-refractivity contribution in [3.63, 3.8) is 0 Å². The summed E-state index contributed by atoms with van der Waals surface area (Å²) in [6, 6.07) is 5.21. The van der Waals surface area contributed by atoms with Crippen LogP contribution >= 0.6 is 0 Å². The quantitative estimate of drug-likeness (QED) is 0.810. The number of benzene rings is 1. The Labute approximate surface area is 117 Å². The van der Waals surface area contributed by atoms with E-state index < -0.39 is 16.0 Å². The van der Waals surface area contributed by atoms with Gasteiger partial charge in [-0.15, -0.1) is 0 Å². The van der Waals surface area contributed by atoms with Gasteiger partial charge in [0.05, 0.1) is 10.8 Å². The highest BCUT2D eigenvalue weighted by molar-refractivity contribution is 7.86. The van der Waals surface area contributed by atoms with Crippen molar-refractivity contribution < 1.29 is 9.00 Å². The molecule has 0 aliphatic carbocycles. The molecule has 0 heterocycles. The van der Waals surface area contributed by atoms with E-state index in [1.807, 2.05) is 20.8 Å². The van der Waals surface area contributed by atoms with Crippen LogP contribution in [-0.4, -0.2) is 21.9 Å². The lowest BCUT2D eigenvalue weighted by atomic mass is 10.2. The minimum Gasteiger partial charge on any atom is -0.399 e. The van der Waals surface area contributed by atoms with Crippen LogP contribution in [0.3, 0.4) is 0 Å². The summed E-state index contributed by atoms with van der Waals surface area (Å²) in [7, 11) is -1.36. The summed E-state index contributed by atoms with van der Waals surface area (Å²) in [6.45, 7) is 8.17. The molecule has 1 rings (SSSR count). The predicted octanol–water partition coefficient (Wildman–Crippen LogP) is 1.85. The van der Waals surface area contributed by atoms with E-state index in [9.17, 15) is 9.00 Å². The van der Waals surface area contributed by atoms with E-state index >= 15 is 0 Å². The predicted molar refractivity (Wildman–Crippen MR) is 79.3 cm³/mol. The maximum absolute atomic E-state index is 12.4. The highest BCUT2D eigenvalue weighted by Crippen LogP contribution is 2.19. The number of rotatable bonds is 5. The highest BCUT2D eigenvalue weighted by Gasteiger charge is 2.22. The molecule has 0 saturated carbocycles. The highest BCUT2D eigenvalue weighted by atomic mass is 32.2. The standard InChI is InChI=1S/C14H22N2O2S/c1-9(2)8-16-14(17)11(4)19(18)13-6-5-12(15)7-10(13)3/h5-7,9,11H,8,15H2,1-4H3,(H,16,17). The van der Waals surface area contributed by atoms with E-state index in [0.717, 1.165) is 5.56 Å². The summed E-state index contributed by atoms with van der Waals surface area (Å²) in [5.74, 6) is 0.200. The molecule has 3 N–H and O–H groups in total. The van der Waals surface area contributed by atoms with E-state index in [-0.39, 0.29) is 5.91 Å². The van der Waals surface area contributed by atoms with E-state index in [1.165, 1.54) is 0 Å². The topological polar surface area (TPSA) is 72.2 Å². The average molecular weight is 282 g/mol. The van der Waals surface area contributed by atoms with Gasteiger partial charge in [-0.2, -0.15) is 0 Å². The van der Waals surface area contributed by atoms with Gasteiger partial charge in [0.15, 0.2) is 0 Å². The molecule has 106 valence electrons. The lowest BCUT2D eigenvalue weighted by Gasteiger charge is -2.15. The Bertz CT molecular complexity index is 486.